The van der Waals surface area contributed by atoms with Crippen LogP contribution in [0.4, 0.5) is 14.5 Å². The molecule has 0 aliphatic carbocycles. The van der Waals surface area contributed by atoms with Gasteiger partial charge in [0.1, 0.15) is 23.8 Å². The maximum atomic E-state index is 13.7. The van der Waals surface area contributed by atoms with E-state index in [1.54, 1.807) is 37.3 Å². The van der Waals surface area contributed by atoms with Gasteiger partial charge in [0.05, 0.1) is 24.1 Å². The molecule has 0 spiro atoms. The number of carbonyl (C=O) groups is 2. The Morgan fingerprint density at radius 1 is 1.00 bits per heavy atom. The quantitative estimate of drug-likeness (QED) is 0.220. The molecule has 1 amide bonds. The smallest absolute Gasteiger partial charge is 0.251 e. The third-order valence-electron chi connectivity index (χ3n) is 6.39. The van der Waals surface area contributed by atoms with Crippen LogP contribution in [0.2, 0.25) is 0 Å². The van der Waals surface area contributed by atoms with E-state index < -0.39 is 34.6 Å². The van der Waals surface area contributed by atoms with E-state index >= 15 is 0 Å². The molecule has 1 heterocycles. The van der Waals surface area contributed by atoms with Gasteiger partial charge in [0, 0.05) is 40.1 Å². The Hall–Kier alpha value is -4.05. The molecule has 7 nitrogen and oxygen atoms in total. The van der Waals surface area contributed by atoms with Gasteiger partial charge >= 0.3 is 0 Å². The van der Waals surface area contributed by atoms with Gasteiger partial charge < -0.3 is 9.73 Å². The molecular weight excluding hydrogens is 550 g/mol. The first kappa shape index (κ1) is 29.9. The topological polar surface area (TPSA) is 96.7 Å². The van der Waals surface area contributed by atoms with Gasteiger partial charge in [-0.05, 0) is 68.8 Å². The molecule has 216 valence electrons. The number of ketones is 1. The first-order chi connectivity index (χ1) is 19.2. The fourth-order valence-electron chi connectivity index (χ4n) is 4.61. The molecule has 4 rings (SSSR count). The van der Waals surface area contributed by atoms with Crippen LogP contribution in [0, 0.1) is 5.82 Å². The molecular formula is C31H32F2N2O5S. The predicted octanol–water partition coefficient (Wildman–Crippen LogP) is 6.76. The SMILES string of the molecule is CCC(=O)c1c(-c2ccc(F)cc2)oc2cc(N(CCF)S(C)(=O)=O)c(-c3cccc(C(=O)NC(C)(C)C)c3)cc12. The lowest BCUT2D eigenvalue weighted by atomic mass is 9.95. The Balaban J connectivity index is 2.05. The molecule has 0 radical (unpaired) electrons. The zero-order valence-corrected chi connectivity index (χ0v) is 24.4. The number of amides is 1. The van der Waals surface area contributed by atoms with Gasteiger partial charge in [0.2, 0.25) is 10.0 Å². The number of alkyl halides is 1. The van der Waals surface area contributed by atoms with Gasteiger partial charge in [-0.3, -0.25) is 13.9 Å². The second-order valence-electron chi connectivity index (χ2n) is 10.8. The zero-order chi connectivity index (χ0) is 30.1. The van der Waals surface area contributed by atoms with Gasteiger partial charge in [-0.2, -0.15) is 0 Å². The van der Waals surface area contributed by atoms with Crippen LogP contribution in [0.25, 0.3) is 33.4 Å². The van der Waals surface area contributed by atoms with E-state index in [9.17, 15) is 26.8 Å². The van der Waals surface area contributed by atoms with Crippen molar-refractivity contribution < 1.29 is 31.2 Å². The molecule has 0 atom stereocenters. The minimum absolute atomic E-state index is 0.126. The third kappa shape index (κ3) is 6.48. The summed E-state index contributed by atoms with van der Waals surface area (Å²) in [6.07, 6.45) is 1.13. The highest BCUT2D eigenvalue weighted by Crippen LogP contribution is 2.42. The molecule has 10 heteroatoms. The molecule has 3 aromatic carbocycles. The number of nitrogens with one attached hydrogen (secondary N) is 1. The highest BCUT2D eigenvalue weighted by molar-refractivity contribution is 7.92. The van der Waals surface area contributed by atoms with Crippen LogP contribution in [0.15, 0.2) is 65.1 Å². The van der Waals surface area contributed by atoms with E-state index in [1.165, 1.54) is 30.3 Å². The normalized spacial score (nSPS) is 12.0. The second-order valence-corrected chi connectivity index (χ2v) is 12.7. The number of nitrogens with zero attached hydrogens (tertiary/aromatic N) is 1. The summed E-state index contributed by atoms with van der Waals surface area (Å²) < 4.78 is 60.0. The molecule has 1 aromatic heterocycles. The Morgan fingerprint density at radius 3 is 2.27 bits per heavy atom. The van der Waals surface area contributed by atoms with Gasteiger partial charge in [-0.1, -0.05) is 19.1 Å². The average Bonchev–Trinajstić information content (AvgIpc) is 3.28. The molecule has 1 N–H and O–H groups in total. The van der Waals surface area contributed by atoms with Crippen molar-refractivity contribution in [3.63, 3.8) is 0 Å². The summed E-state index contributed by atoms with van der Waals surface area (Å²) in [6.45, 7) is 5.86. The van der Waals surface area contributed by atoms with Gasteiger partial charge in [-0.25, -0.2) is 17.2 Å². The summed E-state index contributed by atoms with van der Waals surface area (Å²) >= 11 is 0. The Labute approximate surface area is 238 Å². The highest BCUT2D eigenvalue weighted by atomic mass is 32.2. The maximum Gasteiger partial charge on any atom is 0.251 e. The molecule has 0 fully saturated rings. The zero-order valence-electron chi connectivity index (χ0n) is 23.5. The number of anilines is 1. The van der Waals surface area contributed by atoms with Crippen LogP contribution in [-0.2, 0) is 10.0 Å². The van der Waals surface area contributed by atoms with Crippen molar-refractivity contribution in [3.8, 4) is 22.5 Å². The molecule has 0 bridgehead atoms. The number of halogens is 2. The summed E-state index contributed by atoms with van der Waals surface area (Å²) in [4.78, 5) is 26.2. The van der Waals surface area contributed by atoms with E-state index in [1.807, 2.05) is 20.8 Å². The average molecular weight is 583 g/mol. The van der Waals surface area contributed by atoms with Crippen molar-refractivity contribution in [2.75, 3.05) is 23.8 Å². The number of Topliss-reactive ketones (excluding diaryl/α,β-unsaturated/α-hetero) is 1. The molecule has 0 aliphatic heterocycles. The van der Waals surface area contributed by atoms with E-state index in [0.29, 0.717) is 27.6 Å². The van der Waals surface area contributed by atoms with Crippen LogP contribution in [0.5, 0.6) is 0 Å². The number of hydrogen-bond acceptors (Lipinski definition) is 5. The van der Waals surface area contributed by atoms with E-state index in [4.69, 9.17) is 4.42 Å². The van der Waals surface area contributed by atoms with Crippen LogP contribution in [0.3, 0.4) is 0 Å². The van der Waals surface area contributed by atoms with Crippen molar-refractivity contribution in [1.29, 1.82) is 0 Å². The Kier molecular flexibility index (Phi) is 8.35. The van der Waals surface area contributed by atoms with Crippen molar-refractivity contribution in [1.82, 2.24) is 5.32 Å². The molecule has 0 saturated heterocycles. The van der Waals surface area contributed by atoms with E-state index in [0.717, 1.165) is 10.6 Å². The predicted molar refractivity (Wildman–Crippen MR) is 157 cm³/mol. The van der Waals surface area contributed by atoms with Crippen LogP contribution < -0.4 is 9.62 Å². The number of hydrogen-bond donors (Lipinski definition) is 1. The number of rotatable bonds is 9. The number of benzene rings is 3. The molecule has 0 saturated carbocycles. The first-order valence-electron chi connectivity index (χ1n) is 13.1. The van der Waals surface area contributed by atoms with Crippen molar-refractivity contribution in [3.05, 3.63) is 77.6 Å². The lowest BCUT2D eigenvalue weighted by molar-refractivity contribution is 0.0918. The summed E-state index contributed by atoms with van der Waals surface area (Å²) in [5, 5.41) is 3.31. The minimum atomic E-state index is -3.95. The second kappa shape index (κ2) is 11.4. The maximum absolute atomic E-state index is 13.7. The minimum Gasteiger partial charge on any atom is -0.455 e. The summed E-state index contributed by atoms with van der Waals surface area (Å²) in [6, 6.07) is 15.2. The molecule has 0 aliphatic rings. The van der Waals surface area contributed by atoms with Crippen molar-refractivity contribution >= 4 is 38.4 Å². The monoisotopic (exact) mass is 582 g/mol. The van der Waals surface area contributed by atoms with Gasteiger partial charge in [0.25, 0.3) is 5.91 Å². The number of carbonyl (C=O) groups excluding carboxylic acids is 2. The molecule has 0 unspecified atom stereocenters. The summed E-state index contributed by atoms with van der Waals surface area (Å²) in [5.74, 6) is -0.800. The fraction of sp³-hybridized carbons (Fsp3) is 0.290. The van der Waals surface area contributed by atoms with Crippen LogP contribution in [-0.4, -0.2) is 45.1 Å². The lowest BCUT2D eigenvalue weighted by Gasteiger charge is -2.24. The van der Waals surface area contributed by atoms with Gasteiger partial charge in [-0.15, -0.1) is 0 Å². The fourth-order valence-corrected chi connectivity index (χ4v) is 5.52. The van der Waals surface area contributed by atoms with Crippen LogP contribution in [0.1, 0.15) is 54.8 Å². The standard InChI is InChI=1S/C31H32F2N2O5S/c1-6-26(36)28-24-17-23(20-8-7-9-21(16-20)30(37)34-31(2,3)4)25(35(15-14-32)41(5,38)39)18-27(24)40-29(28)19-10-12-22(33)13-11-19/h7-13,16-18H,6,14-15H2,1-5H3,(H,34,37). The molecule has 4 aromatic rings. The van der Waals surface area contributed by atoms with Crippen LogP contribution >= 0.6 is 0 Å². The Bertz CT molecular complexity index is 1720. The number of fused-ring (bicyclic) bond motifs is 1. The largest absolute Gasteiger partial charge is 0.455 e. The summed E-state index contributed by atoms with van der Waals surface area (Å²) in [5.41, 5.74) is 1.74. The van der Waals surface area contributed by atoms with E-state index in [2.05, 4.69) is 5.32 Å². The van der Waals surface area contributed by atoms with E-state index in [-0.39, 0.29) is 40.7 Å². The highest BCUT2D eigenvalue weighted by Gasteiger charge is 2.27. The number of furan rings is 1. The first-order valence-corrected chi connectivity index (χ1v) is 14.9. The summed E-state index contributed by atoms with van der Waals surface area (Å²) in [7, 11) is -3.95. The lowest BCUT2D eigenvalue weighted by Crippen LogP contribution is -2.40. The Morgan fingerprint density at radius 2 is 1.68 bits per heavy atom. The van der Waals surface area contributed by atoms with Gasteiger partial charge in [0.15, 0.2) is 5.78 Å². The van der Waals surface area contributed by atoms with Crippen molar-refractivity contribution in [2.45, 2.75) is 39.7 Å². The van der Waals surface area contributed by atoms with Crippen molar-refractivity contribution in [2.24, 2.45) is 0 Å². The number of sulfonamides is 1. The third-order valence-corrected chi connectivity index (χ3v) is 7.57. The molecule has 41 heavy (non-hydrogen) atoms.